The largest absolute Gasteiger partial charge is 0.478 e. The van der Waals surface area contributed by atoms with E-state index in [-0.39, 0.29) is 17.1 Å². The fraction of sp³-hybridized carbons (Fsp3) is 0.500. The number of carboxylic acid groups (broad SMARTS) is 1. The molecule has 7 heteroatoms. The van der Waals surface area contributed by atoms with E-state index < -0.39 is 28.0 Å². The van der Waals surface area contributed by atoms with E-state index in [0.29, 0.717) is 18.7 Å². The van der Waals surface area contributed by atoms with Gasteiger partial charge in [0.05, 0.1) is 29.2 Å². The molecular formula is C14H19NO5S. The van der Waals surface area contributed by atoms with Crippen LogP contribution in [-0.4, -0.2) is 59.7 Å². The number of carboxylic acids is 1. The van der Waals surface area contributed by atoms with Crippen LogP contribution in [0.4, 0.5) is 0 Å². The van der Waals surface area contributed by atoms with E-state index in [4.69, 9.17) is 0 Å². The van der Waals surface area contributed by atoms with Crippen LogP contribution in [0.25, 0.3) is 0 Å². The molecule has 1 aromatic rings. The van der Waals surface area contributed by atoms with Gasteiger partial charge in [-0.25, -0.2) is 13.2 Å². The Morgan fingerprint density at radius 2 is 2.00 bits per heavy atom. The maximum absolute atomic E-state index is 11.6. The van der Waals surface area contributed by atoms with E-state index in [1.54, 1.807) is 18.2 Å². The maximum Gasteiger partial charge on any atom is 0.336 e. The molecule has 0 saturated carbocycles. The Hall–Kier alpha value is -1.44. The van der Waals surface area contributed by atoms with Gasteiger partial charge in [-0.15, -0.1) is 0 Å². The quantitative estimate of drug-likeness (QED) is 0.815. The molecule has 0 aromatic heterocycles. The third-order valence-corrected chi connectivity index (χ3v) is 5.49. The number of aliphatic hydroxyl groups excluding tert-OH is 1. The molecular weight excluding hydrogens is 294 g/mol. The molecule has 6 nitrogen and oxygen atoms in total. The number of likely N-dealkylation sites (N-methyl/N-ethyl adjacent to an activating group) is 1. The number of hydrogen-bond acceptors (Lipinski definition) is 5. The zero-order valence-electron chi connectivity index (χ0n) is 11.8. The molecule has 2 atom stereocenters. The minimum absolute atomic E-state index is 0.0861. The first-order valence-electron chi connectivity index (χ1n) is 6.78. The van der Waals surface area contributed by atoms with Gasteiger partial charge in [0.1, 0.15) is 0 Å². The SMILES string of the molecule is CCN(Cc1ccccc1C(=O)O)[C@@H]1CS(=O)(=O)C[C@H]1O. The van der Waals surface area contributed by atoms with Crippen LogP contribution < -0.4 is 0 Å². The Bertz CT molecular complexity index is 628. The van der Waals surface area contributed by atoms with Crippen LogP contribution in [0.3, 0.4) is 0 Å². The molecule has 2 rings (SSSR count). The lowest BCUT2D eigenvalue weighted by atomic mass is 10.1. The summed E-state index contributed by atoms with van der Waals surface area (Å²) in [5.41, 5.74) is 0.814. The number of nitrogens with zero attached hydrogens (tertiary/aromatic N) is 1. The summed E-state index contributed by atoms with van der Waals surface area (Å²) in [6, 6.07) is 6.15. The predicted molar refractivity (Wildman–Crippen MR) is 77.9 cm³/mol. The number of hydrogen-bond donors (Lipinski definition) is 2. The van der Waals surface area contributed by atoms with Crippen LogP contribution in [0.2, 0.25) is 0 Å². The average molecular weight is 313 g/mol. The first-order chi connectivity index (χ1) is 9.84. The lowest BCUT2D eigenvalue weighted by Crippen LogP contribution is -2.42. The van der Waals surface area contributed by atoms with E-state index >= 15 is 0 Å². The fourth-order valence-electron chi connectivity index (χ4n) is 2.71. The molecule has 1 aromatic carbocycles. The van der Waals surface area contributed by atoms with Gasteiger partial charge in [0, 0.05) is 6.54 Å². The third kappa shape index (κ3) is 3.61. The molecule has 2 N–H and O–H groups in total. The normalized spacial score (nSPS) is 24.3. The van der Waals surface area contributed by atoms with Crippen LogP contribution in [-0.2, 0) is 16.4 Å². The molecule has 0 aliphatic carbocycles. The van der Waals surface area contributed by atoms with Crippen LogP contribution >= 0.6 is 0 Å². The second kappa shape index (κ2) is 6.13. The zero-order chi connectivity index (χ0) is 15.6. The number of benzene rings is 1. The topological polar surface area (TPSA) is 94.9 Å². The minimum Gasteiger partial charge on any atom is -0.478 e. The zero-order valence-corrected chi connectivity index (χ0v) is 12.6. The smallest absolute Gasteiger partial charge is 0.336 e. The number of aliphatic hydroxyl groups is 1. The van der Waals surface area contributed by atoms with Crippen molar-refractivity contribution in [2.45, 2.75) is 25.6 Å². The number of sulfone groups is 1. The lowest BCUT2D eigenvalue weighted by Gasteiger charge is -2.29. The molecule has 0 unspecified atom stereocenters. The summed E-state index contributed by atoms with van der Waals surface area (Å²) < 4.78 is 23.2. The first kappa shape index (κ1) is 15.9. The summed E-state index contributed by atoms with van der Waals surface area (Å²) >= 11 is 0. The summed E-state index contributed by atoms with van der Waals surface area (Å²) in [7, 11) is -3.23. The van der Waals surface area contributed by atoms with Gasteiger partial charge in [-0.1, -0.05) is 25.1 Å². The molecule has 0 bridgehead atoms. The van der Waals surface area contributed by atoms with Crippen molar-refractivity contribution in [1.82, 2.24) is 4.90 Å². The van der Waals surface area contributed by atoms with Crippen LogP contribution in [0, 0.1) is 0 Å². The van der Waals surface area contributed by atoms with Crippen molar-refractivity contribution in [3.8, 4) is 0 Å². The molecule has 1 fully saturated rings. The standard InChI is InChI=1S/C14H19NO5S/c1-2-15(12-8-21(19,20)9-13(12)16)7-10-5-3-4-6-11(10)14(17)18/h3-6,12-13,16H,2,7-9H2,1H3,(H,17,18)/t12-,13-/m1/s1. The van der Waals surface area contributed by atoms with Crippen molar-refractivity contribution in [1.29, 1.82) is 0 Å². The van der Waals surface area contributed by atoms with Gasteiger partial charge in [0.25, 0.3) is 0 Å². The summed E-state index contributed by atoms with van der Waals surface area (Å²) in [4.78, 5) is 13.0. The monoisotopic (exact) mass is 313 g/mol. The van der Waals surface area contributed by atoms with Crippen molar-refractivity contribution in [2.75, 3.05) is 18.1 Å². The molecule has 21 heavy (non-hydrogen) atoms. The molecule has 1 aliphatic rings. The molecule has 1 saturated heterocycles. The van der Waals surface area contributed by atoms with Gasteiger partial charge in [-0.2, -0.15) is 0 Å². The fourth-order valence-corrected chi connectivity index (χ4v) is 4.54. The van der Waals surface area contributed by atoms with Crippen molar-refractivity contribution >= 4 is 15.8 Å². The van der Waals surface area contributed by atoms with E-state index in [1.807, 2.05) is 11.8 Å². The van der Waals surface area contributed by atoms with Crippen LogP contribution in [0.5, 0.6) is 0 Å². The van der Waals surface area contributed by atoms with Gasteiger partial charge in [-0.05, 0) is 18.2 Å². The lowest BCUT2D eigenvalue weighted by molar-refractivity contribution is 0.0686. The predicted octanol–water partition coefficient (Wildman–Crippen LogP) is 0.365. The van der Waals surface area contributed by atoms with Crippen LogP contribution in [0.1, 0.15) is 22.8 Å². The summed E-state index contributed by atoms with van der Waals surface area (Å²) in [5, 5.41) is 19.1. The highest BCUT2D eigenvalue weighted by Crippen LogP contribution is 2.21. The van der Waals surface area contributed by atoms with E-state index in [9.17, 15) is 23.4 Å². The number of rotatable bonds is 5. The third-order valence-electron chi connectivity index (χ3n) is 3.79. The Morgan fingerprint density at radius 3 is 2.52 bits per heavy atom. The van der Waals surface area contributed by atoms with Gasteiger partial charge >= 0.3 is 5.97 Å². The molecule has 0 amide bonds. The molecule has 0 radical (unpaired) electrons. The summed E-state index contributed by atoms with van der Waals surface area (Å²) in [6.45, 7) is 2.70. The summed E-state index contributed by atoms with van der Waals surface area (Å²) in [5.74, 6) is -1.33. The second-order valence-electron chi connectivity index (χ2n) is 5.24. The highest BCUT2D eigenvalue weighted by atomic mass is 32.2. The summed E-state index contributed by atoms with van der Waals surface area (Å²) in [6.07, 6.45) is -0.924. The molecule has 0 spiro atoms. The second-order valence-corrected chi connectivity index (χ2v) is 7.39. The minimum atomic E-state index is -3.23. The average Bonchev–Trinajstić information content (AvgIpc) is 2.69. The molecule has 1 aliphatic heterocycles. The maximum atomic E-state index is 11.6. The Kier molecular flexibility index (Phi) is 4.65. The highest BCUT2D eigenvalue weighted by molar-refractivity contribution is 7.91. The van der Waals surface area contributed by atoms with Gasteiger partial charge < -0.3 is 10.2 Å². The Labute approximate surface area is 123 Å². The molecule has 1 heterocycles. The Balaban J connectivity index is 2.23. The molecule has 116 valence electrons. The van der Waals surface area contributed by atoms with E-state index in [2.05, 4.69) is 0 Å². The van der Waals surface area contributed by atoms with Crippen molar-refractivity contribution in [2.24, 2.45) is 0 Å². The number of carbonyl (C=O) groups is 1. The van der Waals surface area contributed by atoms with Gasteiger partial charge in [0.15, 0.2) is 9.84 Å². The van der Waals surface area contributed by atoms with Crippen LogP contribution in [0.15, 0.2) is 24.3 Å². The highest BCUT2D eigenvalue weighted by Gasteiger charge is 2.39. The van der Waals surface area contributed by atoms with Crippen molar-refractivity contribution in [3.05, 3.63) is 35.4 Å². The van der Waals surface area contributed by atoms with Crippen molar-refractivity contribution in [3.63, 3.8) is 0 Å². The van der Waals surface area contributed by atoms with E-state index in [1.165, 1.54) is 6.07 Å². The van der Waals surface area contributed by atoms with Gasteiger partial charge in [0.2, 0.25) is 0 Å². The van der Waals surface area contributed by atoms with Gasteiger partial charge in [-0.3, -0.25) is 4.90 Å². The Morgan fingerprint density at radius 1 is 1.33 bits per heavy atom. The van der Waals surface area contributed by atoms with E-state index in [0.717, 1.165) is 0 Å². The first-order valence-corrected chi connectivity index (χ1v) is 8.60. The van der Waals surface area contributed by atoms with Crippen molar-refractivity contribution < 1.29 is 23.4 Å². The number of aromatic carboxylic acids is 1.